The number of anilines is 2. The van der Waals surface area contributed by atoms with Gasteiger partial charge in [0.2, 0.25) is 0 Å². The van der Waals surface area contributed by atoms with Gasteiger partial charge in [-0.05, 0) is 17.7 Å². The van der Waals surface area contributed by atoms with Crippen LogP contribution in [-0.4, -0.2) is 4.98 Å². The van der Waals surface area contributed by atoms with Crippen molar-refractivity contribution in [2.45, 2.75) is 6.54 Å². The van der Waals surface area contributed by atoms with Gasteiger partial charge in [0.1, 0.15) is 0 Å². The van der Waals surface area contributed by atoms with E-state index in [1.165, 1.54) is 0 Å². The summed E-state index contributed by atoms with van der Waals surface area (Å²) in [5.41, 5.74) is 7.70. The molecule has 0 amide bonds. The van der Waals surface area contributed by atoms with Crippen molar-refractivity contribution in [3.63, 3.8) is 0 Å². The Hall–Kier alpha value is -1.39. The summed E-state index contributed by atoms with van der Waals surface area (Å²) in [7, 11) is 0. The van der Waals surface area contributed by atoms with Crippen LogP contribution in [-0.2, 0) is 6.54 Å². The van der Waals surface area contributed by atoms with Gasteiger partial charge in [-0.25, -0.2) is 4.98 Å². The Bertz CT molecular complexity index is 398. The van der Waals surface area contributed by atoms with E-state index in [-0.39, 0.29) is 0 Å². The van der Waals surface area contributed by atoms with Crippen molar-refractivity contribution in [3.8, 4) is 0 Å². The Kier molecular flexibility index (Phi) is 2.76. The molecule has 1 aromatic carbocycles. The summed E-state index contributed by atoms with van der Waals surface area (Å²) in [4.78, 5) is 4.14. The van der Waals surface area contributed by atoms with Crippen molar-refractivity contribution in [1.82, 2.24) is 4.98 Å². The monoisotopic (exact) mass is 205 g/mol. The summed E-state index contributed by atoms with van der Waals surface area (Å²) in [6, 6.07) is 8.02. The standard InChI is InChI=1S/C10H11N3S/c11-7-8-2-1-3-9(6-8)13-10-12-4-5-14-10/h1-6H,7,11H2,(H,12,13). The predicted octanol–water partition coefficient (Wildman–Crippen LogP) is 2.35. The Morgan fingerprint density at radius 1 is 1.43 bits per heavy atom. The zero-order valence-corrected chi connectivity index (χ0v) is 8.42. The maximum atomic E-state index is 5.55. The van der Waals surface area contributed by atoms with E-state index in [9.17, 15) is 0 Å². The molecular weight excluding hydrogens is 194 g/mol. The minimum atomic E-state index is 0.563. The van der Waals surface area contributed by atoms with Gasteiger partial charge in [-0.3, -0.25) is 0 Å². The van der Waals surface area contributed by atoms with E-state index < -0.39 is 0 Å². The number of nitrogens with zero attached hydrogens (tertiary/aromatic N) is 1. The van der Waals surface area contributed by atoms with E-state index >= 15 is 0 Å². The molecule has 0 aliphatic carbocycles. The van der Waals surface area contributed by atoms with Crippen LogP contribution in [0, 0.1) is 0 Å². The fraction of sp³-hybridized carbons (Fsp3) is 0.100. The topological polar surface area (TPSA) is 50.9 Å². The number of rotatable bonds is 3. The average Bonchev–Trinajstić information content (AvgIpc) is 2.71. The molecule has 0 aliphatic heterocycles. The average molecular weight is 205 g/mol. The Labute approximate surface area is 86.6 Å². The highest BCUT2D eigenvalue weighted by Crippen LogP contribution is 2.19. The first kappa shape index (κ1) is 9.18. The first-order valence-corrected chi connectivity index (χ1v) is 5.22. The molecule has 4 heteroatoms. The molecule has 0 atom stereocenters. The van der Waals surface area contributed by atoms with Gasteiger partial charge in [-0.1, -0.05) is 12.1 Å². The third-order valence-electron chi connectivity index (χ3n) is 1.85. The van der Waals surface area contributed by atoms with Crippen LogP contribution < -0.4 is 11.1 Å². The maximum absolute atomic E-state index is 5.55. The van der Waals surface area contributed by atoms with Crippen molar-refractivity contribution in [2.75, 3.05) is 5.32 Å². The lowest BCUT2D eigenvalue weighted by Crippen LogP contribution is -1.97. The first-order chi connectivity index (χ1) is 6.88. The minimum Gasteiger partial charge on any atom is -0.332 e. The van der Waals surface area contributed by atoms with E-state index in [0.717, 1.165) is 16.4 Å². The molecule has 3 nitrogen and oxygen atoms in total. The van der Waals surface area contributed by atoms with Crippen molar-refractivity contribution in [2.24, 2.45) is 5.73 Å². The van der Waals surface area contributed by atoms with E-state index in [2.05, 4.69) is 10.3 Å². The molecule has 0 spiro atoms. The van der Waals surface area contributed by atoms with Gasteiger partial charge in [-0.15, -0.1) is 11.3 Å². The molecule has 0 aliphatic rings. The number of benzene rings is 1. The fourth-order valence-electron chi connectivity index (χ4n) is 1.18. The molecule has 2 rings (SSSR count). The summed E-state index contributed by atoms with van der Waals surface area (Å²) in [5, 5.41) is 6.05. The largest absolute Gasteiger partial charge is 0.332 e. The third-order valence-corrected chi connectivity index (χ3v) is 2.53. The molecule has 0 bridgehead atoms. The van der Waals surface area contributed by atoms with Gasteiger partial charge in [0.25, 0.3) is 0 Å². The molecule has 2 aromatic rings. The summed E-state index contributed by atoms with van der Waals surface area (Å²) >= 11 is 1.58. The van der Waals surface area contributed by atoms with Crippen LogP contribution in [0.5, 0.6) is 0 Å². The lowest BCUT2D eigenvalue weighted by molar-refractivity contribution is 1.07. The molecule has 0 unspecified atom stereocenters. The normalized spacial score (nSPS) is 10.1. The second kappa shape index (κ2) is 4.21. The molecule has 1 heterocycles. The quantitative estimate of drug-likeness (QED) is 0.808. The molecule has 1 aromatic heterocycles. The van der Waals surface area contributed by atoms with E-state index in [4.69, 9.17) is 5.73 Å². The van der Waals surface area contributed by atoms with Gasteiger partial charge >= 0.3 is 0 Å². The Morgan fingerprint density at radius 2 is 2.36 bits per heavy atom. The SMILES string of the molecule is NCc1cccc(Nc2nccs2)c1. The highest BCUT2D eigenvalue weighted by atomic mass is 32.1. The molecule has 0 saturated carbocycles. The summed E-state index contributed by atoms with van der Waals surface area (Å²) < 4.78 is 0. The van der Waals surface area contributed by atoms with E-state index in [0.29, 0.717) is 6.54 Å². The number of hydrogen-bond acceptors (Lipinski definition) is 4. The molecular formula is C10H11N3S. The number of hydrogen-bond donors (Lipinski definition) is 2. The summed E-state index contributed by atoms with van der Waals surface area (Å²) in [6.45, 7) is 0.563. The number of nitrogens with two attached hydrogens (primary N) is 1. The second-order valence-electron chi connectivity index (χ2n) is 2.87. The van der Waals surface area contributed by atoms with Gasteiger partial charge in [0, 0.05) is 23.8 Å². The second-order valence-corrected chi connectivity index (χ2v) is 3.76. The Balaban J connectivity index is 2.17. The van der Waals surface area contributed by atoms with E-state index in [1.807, 2.05) is 29.6 Å². The van der Waals surface area contributed by atoms with E-state index in [1.54, 1.807) is 17.5 Å². The van der Waals surface area contributed by atoms with Crippen LogP contribution in [0.3, 0.4) is 0 Å². The zero-order chi connectivity index (χ0) is 9.80. The minimum absolute atomic E-state index is 0.563. The lowest BCUT2D eigenvalue weighted by Gasteiger charge is -2.03. The summed E-state index contributed by atoms with van der Waals surface area (Å²) in [5.74, 6) is 0. The van der Waals surface area contributed by atoms with Crippen molar-refractivity contribution < 1.29 is 0 Å². The number of thiazole rings is 1. The van der Waals surface area contributed by atoms with Crippen LogP contribution in [0.2, 0.25) is 0 Å². The fourth-order valence-corrected chi connectivity index (χ4v) is 1.73. The molecule has 0 radical (unpaired) electrons. The maximum Gasteiger partial charge on any atom is 0.187 e. The van der Waals surface area contributed by atoms with Gasteiger partial charge < -0.3 is 11.1 Å². The smallest absolute Gasteiger partial charge is 0.187 e. The van der Waals surface area contributed by atoms with Crippen molar-refractivity contribution in [1.29, 1.82) is 0 Å². The van der Waals surface area contributed by atoms with Crippen LogP contribution in [0.1, 0.15) is 5.56 Å². The predicted molar refractivity (Wildman–Crippen MR) is 59.7 cm³/mol. The molecule has 3 N–H and O–H groups in total. The highest BCUT2D eigenvalue weighted by molar-refractivity contribution is 7.13. The van der Waals surface area contributed by atoms with Gasteiger partial charge in [0.05, 0.1) is 0 Å². The zero-order valence-electron chi connectivity index (χ0n) is 7.60. The van der Waals surface area contributed by atoms with Crippen molar-refractivity contribution >= 4 is 22.2 Å². The third kappa shape index (κ3) is 2.10. The van der Waals surface area contributed by atoms with Gasteiger partial charge in [-0.2, -0.15) is 0 Å². The van der Waals surface area contributed by atoms with Crippen LogP contribution in [0.15, 0.2) is 35.8 Å². The van der Waals surface area contributed by atoms with Crippen LogP contribution >= 0.6 is 11.3 Å². The first-order valence-electron chi connectivity index (χ1n) is 4.34. The van der Waals surface area contributed by atoms with Crippen LogP contribution in [0.25, 0.3) is 0 Å². The molecule has 72 valence electrons. The number of nitrogens with one attached hydrogen (secondary N) is 1. The lowest BCUT2D eigenvalue weighted by atomic mass is 10.2. The van der Waals surface area contributed by atoms with Gasteiger partial charge in [0.15, 0.2) is 5.13 Å². The van der Waals surface area contributed by atoms with Crippen LogP contribution in [0.4, 0.5) is 10.8 Å². The highest BCUT2D eigenvalue weighted by Gasteiger charge is 1.96. The Morgan fingerprint density at radius 3 is 3.07 bits per heavy atom. The molecule has 14 heavy (non-hydrogen) atoms. The number of aromatic nitrogens is 1. The summed E-state index contributed by atoms with van der Waals surface area (Å²) in [6.07, 6.45) is 1.78. The molecule has 0 saturated heterocycles. The van der Waals surface area contributed by atoms with Crippen molar-refractivity contribution in [3.05, 3.63) is 41.4 Å². The molecule has 0 fully saturated rings.